The second-order valence-corrected chi connectivity index (χ2v) is 7.20. The highest BCUT2D eigenvalue weighted by Crippen LogP contribution is 2.35. The van der Waals surface area contributed by atoms with E-state index in [0.717, 1.165) is 12.5 Å². The second-order valence-electron chi connectivity index (χ2n) is 7.20. The van der Waals surface area contributed by atoms with E-state index in [9.17, 15) is 22.8 Å². The molecule has 0 bridgehead atoms. The topological polar surface area (TPSA) is 79.9 Å². The number of fused-ring (bicyclic) bond motifs is 1. The predicted octanol–water partition coefficient (Wildman–Crippen LogP) is 3.24. The molecule has 0 aliphatic carbocycles. The highest BCUT2D eigenvalue weighted by Gasteiger charge is 2.35. The van der Waals surface area contributed by atoms with Gasteiger partial charge >= 0.3 is 6.18 Å². The molecule has 1 saturated heterocycles. The number of aromatic nitrogens is 2. The first-order valence-corrected chi connectivity index (χ1v) is 9.40. The molecule has 3 aromatic rings. The molecule has 1 aliphatic rings. The first-order chi connectivity index (χ1) is 14.2. The molecule has 30 heavy (non-hydrogen) atoms. The van der Waals surface area contributed by atoms with Gasteiger partial charge in [0.15, 0.2) is 0 Å². The van der Waals surface area contributed by atoms with E-state index in [2.05, 4.69) is 10.3 Å². The van der Waals surface area contributed by atoms with E-state index in [1.54, 1.807) is 6.07 Å². The smallest absolute Gasteiger partial charge is 0.420 e. The summed E-state index contributed by atoms with van der Waals surface area (Å²) in [5.74, 6) is -0.517. The number of amides is 2. The number of halogens is 3. The Morgan fingerprint density at radius 1 is 1.30 bits per heavy atom. The highest BCUT2D eigenvalue weighted by atomic mass is 19.4. The van der Waals surface area contributed by atoms with E-state index in [1.165, 1.54) is 41.1 Å². The van der Waals surface area contributed by atoms with Crippen molar-refractivity contribution in [2.24, 2.45) is 0 Å². The normalized spacial score (nSPS) is 16.9. The van der Waals surface area contributed by atoms with Gasteiger partial charge in [-0.3, -0.25) is 9.59 Å². The minimum absolute atomic E-state index is 0.0406. The maximum absolute atomic E-state index is 13.6. The van der Waals surface area contributed by atoms with Crippen molar-refractivity contribution in [3.8, 4) is 11.1 Å². The number of nitrogens with zero attached hydrogens (tertiary/aromatic N) is 3. The summed E-state index contributed by atoms with van der Waals surface area (Å²) in [7, 11) is 0. The summed E-state index contributed by atoms with van der Waals surface area (Å²) < 4.78 is 47.1. The van der Waals surface area contributed by atoms with E-state index >= 15 is 0 Å². The van der Waals surface area contributed by atoms with Crippen LogP contribution in [0.4, 0.5) is 13.2 Å². The molecule has 1 fully saturated rings. The van der Waals surface area contributed by atoms with E-state index in [1.807, 2.05) is 0 Å². The molecule has 1 aliphatic heterocycles. The lowest BCUT2D eigenvalue weighted by Crippen LogP contribution is -2.44. The van der Waals surface area contributed by atoms with Gasteiger partial charge in [0.25, 0.3) is 0 Å². The van der Waals surface area contributed by atoms with Crippen molar-refractivity contribution in [2.45, 2.75) is 38.5 Å². The van der Waals surface area contributed by atoms with Gasteiger partial charge in [-0.15, -0.1) is 0 Å². The molecule has 0 saturated carbocycles. The Labute approximate surface area is 169 Å². The minimum atomic E-state index is -4.60. The van der Waals surface area contributed by atoms with Gasteiger partial charge in [-0.2, -0.15) is 13.2 Å². The monoisotopic (exact) mass is 420 g/mol. The Balaban J connectivity index is 1.60. The van der Waals surface area contributed by atoms with Crippen LogP contribution < -0.4 is 5.32 Å². The summed E-state index contributed by atoms with van der Waals surface area (Å²) in [5.41, 5.74) is 0.00393. The van der Waals surface area contributed by atoms with Crippen LogP contribution in [-0.2, 0) is 22.3 Å². The van der Waals surface area contributed by atoms with Gasteiger partial charge in [-0.25, -0.2) is 4.98 Å². The zero-order valence-corrected chi connectivity index (χ0v) is 16.1. The number of imidazole rings is 1. The van der Waals surface area contributed by atoms with Gasteiger partial charge in [-0.1, -0.05) is 0 Å². The number of rotatable bonds is 4. The summed E-state index contributed by atoms with van der Waals surface area (Å²) in [6, 6.07) is 2.04. The molecule has 1 N–H and O–H groups in total. The Morgan fingerprint density at radius 2 is 2.10 bits per heavy atom. The van der Waals surface area contributed by atoms with E-state index in [0.29, 0.717) is 24.1 Å². The average Bonchev–Trinajstić information content (AvgIpc) is 3.44. The van der Waals surface area contributed by atoms with Crippen LogP contribution in [0.3, 0.4) is 0 Å². The molecule has 10 heteroatoms. The van der Waals surface area contributed by atoms with Crippen LogP contribution in [0.25, 0.3) is 16.8 Å². The van der Waals surface area contributed by atoms with Crippen molar-refractivity contribution in [3.05, 3.63) is 48.3 Å². The fraction of sp³-hybridized carbons (Fsp3) is 0.350. The molecule has 7 nitrogen and oxygen atoms in total. The Hall–Kier alpha value is -3.30. The number of carbonyl (C=O) groups excluding carboxylic acids is 2. The SMILES string of the molecule is CC(=O)N1CCCC1C(=O)NCc1cn2cc(-c3ccoc3)cc(C(F)(F)F)c2n1. The largest absolute Gasteiger partial charge is 0.472 e. The van der Waals surface area contributed by atoms with Crippen molar-refractivity contribution in [1.29, 1.82) is 0 Å². The molecule has 4 rings (SSSR count). The first-order valence-electron chi connectivity index (χ1n) is 9.40. The zero-order chi connectivity index (χ0) is 21.5. The number of hydrogen-bond donors (Lipinski definition) is 1. The lowest BCUT2D eigenvalue weighted by Gasteiger charge is -2.22. The van der Waals surface area contributed by atoms with Gasteiger partial charge in [0.05, 0.1) is 30.3 Å². The number of hydrogen-bond acceptors (Lipinski definition) is 4. The third-order valence-electron chi connectivity index (χ3n) is 5.16. The fourth-order valence-corrected chi connectivity index (χ4v) is 3.74. The van der Waals surface area contributed by atoms with Gasteiger partial charge in [0.2, 0.25) is 11.8 Å². The lowest BCUT2D eigenvalue weighted by atomic mass is 10.1. The van der Waals surface area contributed by atoms with E-state index < -0.39 is 17.8 Å². The van der Waals surface area contributed by atoms with Gasteiger partial charge in [0, 0.05) is 37.0 Å². The summed E-state index contributed by atoms with van der Waals surface area (Å²) in [4.78, 5) is 29.7. The second kappa shape index (κ2) is 7.51. The summed E-state index contributed by atoms with van der Waals surface area (Å²) in [5, 5.41) is 2.68. The highest BCUT2D eigenvalue weighted by molar-refractivity contribution is 5.87. The van der Waals surface area contributed by atoms with Crippen LogP contribution >= 0.6 is 0 Å². The number of alkyl halides is 3. The molecule has 0 spiro atoms. The zero-order valence-electron chi connectivity index (χ0n) is 16.1. The average molecular weight is 420 g/mol. The Kier molecular flexibility index (Phi) is 5.00. The van der Waals surface area contributed by atoms with Gasteiger partial charge in [0.1, 0.15) is 11.7 Å². The number of pyridine rings is 1. The molecule has 1 unspecified atom stereocenters. The maximum Gasteiger partial charge on any atom is 0.420 e. The standard InChI is InChI=1S/C20H19F3N4O3/c1-12(28)27-5-2-3-17(27)19(29)24-8-15-10-26-9-14(13-4-6-30-11-13)7-16(18(26)25-15)20(21,22)23/h4,6-7,9-11,17H,2-3,5,8H2,1H3,(H,24,29). The van der Waals surface area contributed by atoms with Crippen molar-refractivity contribution < 1.29 is 27.2 Å². The van der Waals surface area contributed by atoms with Gasteiger partial charge in [-0.05, 0) is 25.0 Å². The molecule has 158 valence electrons. The third kappa shape index (κ3) is 3.77. The number of nitrogens with one attached hydrogen (secondary N) is 1. The van der Waals surface area contributed by atoms with Crippen molar-refractivity contribution in [2.75, 3.05) is 6.54 Å². The minimum Gasteiger partial charge on any atom is -0.472 e. The summed E-state index contributed by atoms with van der Waals surface area (Å²) in [6.45, 7) is 1.89. The quantitative estimate of drug-likeness (QED) is 0.703. The Morgan fingerprint density at radius 3 is 2.77 bits per heavy atom. The fourth-order valence-electron chi connectivity index (χ4n) is 3.74. The first kappa shape index (κ1) is 20.0. The van der Waals surface area contributed by atoms with Crippen LogP contribution in [0.2, 0.25) is 0 Å². The molecule has 3 aromatic heterocycles. The molecule has 1 atom stereocenters. The third-order valence-corrected chi connectivity index (χ3v) is 5.16. The van der Waals surface area contributed by atoms with E-state index in [4.69, 9.17) is 4.42 Å². The van der Waals surface area contributed by atoms with Crippen molar-refractivity contribution >= 4 is 17.5 Å². The van der Waals surface area contributed by atoms with Crippen LogP contribution in [0.5, 0.6) is 0 Å². The molecular formula is C20H19F3N4O3. The summed E-state index contributed by atoms with van der Waals surface area (Å²) >= 11 is 0. The molecular weight excluding hydrogens is 401 g/mol. The van der Waals surface area contributed by atoms with Crippen LogP contribution in [-0.4, -0.2) is 38.7 Å². The van der Waals surface area contributed by atoms with Crippen LogP contribution in [0, 0.1) is 0 Å². The predicted molar refractivity (Wildman–Crippen MR) is 100 cm³/mol. The summed E-state index contributed by atoms with van der Waals surface area (Å²) in [6.07, 6.45) is 2.42. The Bertz CT molecular complexity index is 1090. The van der Waals surface area contributed by atoms with Crippen LogP contribution in [0.15, 0.2) is 41.5 Å². The number of furan rings is 1. The number of carbonyl (C=O) groups is 2. The van der Waals surface area contributed by atoms with Gasteiger partial charge < -0.3 is 19.0 Å². The molecule has 4 heterocycles. The maximum atomic E-state index is 13.6. The molecule has 0 radical (unpaired) electrons. The molecule has 0 aromatic carbocycles. The number of likely N-dealkylation sites (tertiary alicyclic amines) is 1. The molecule has 2 amide bonds. The van der Waals surface area contributed by atoms with Crippen molar-refractivity contribution in [1.82, 2.24) is 19.6 Å². The van der Waals surface area contributed by atoms with Crippen molar-refractivity contribution in [3.63, 3.8) is 0 Å². The van der Waals surface area contributed by atoms with E-state index in [-0.39, 0.29) is 29.7 Å². The lowest BCUT2D eigenvalue weighted by molar-refractivity contribution is -0.136. The van der Waals surface area contributed by atoms with Crippen LogP contribution in [0.1, 0.15) is 31.0 Å².